The van der Waals surface area contributed by atoms with Crippen LogP contribution in [-0.2, 0) is 0 Å². The molecule has 4 nitrogen and oxygen atoms in total. The van der Waals surface area contributed by atoms with Gasteiger partial charge in [-0.1, -0.05) is 5.16 Å². The van der Waals surface area contributed by atoms with Gasteiger partial charge in [-0.05, 0) is 0 Å². The van der Waals surface area contributed by atoms with Crippen LogP contribution in [0.2, 0.25) is 0 Å². The zero-order chi connectivity index (χ0) is 10.8. The normalized spacial score (nSPS) is 10.3. The minimum absolute atomic E-state index is 0.0947. The number of aromatic nitrogens is 2. The molecule has 0 aliphatic carbocycles. The first-order valence-corrected chi connectivity index (χ1v) is 4.02. The van der Waals surface area contributed by atoms with Gasteiger partial charge in [-0.3, -0.25) is 0 Å². The summed E-state index contributed by atoms with van der Waals surface area (Å²) in [4.78, 5) is 3.57. The van der Waals surface area contributed by atoms with E-state index in [9.17, 15) is 8.78 Å². The van der Waals surface area contributed by atoms with E-state index in [1.807, 2.05) is 0 Å². The summed E-state index contributed by atoms with van der Waals surface area (Å²) in [5, 5.41) is 3.36. The monoisotopic (exact) mass is 212 g/mol. The van der Waals surface area contributed by atoms with Gasteiger partial charge in [-0.15, -0.1) is 0 Å². The van der Waals surface area contributed by atoms with Gasteiger partial charge in [0.05, 0.1) is 12.7 Å². The Morgan fingerprint density at radius 3 is 2.40 bits per heavy atom. The molecule has 0 fully saturated rings. The van der Waals surface area contributed by atoms with E-state index in [4.69, 9.17) is 4.74 Å². The van der Waals surface area contributed by atoms with Crippen molar-refractivity contribution in [3.8, 4) is 17.1 Å². The Labute approximate surface area is 83.5 Å². The van der Waals surface area contributed by atoms with Crippen LogP contribution in [0.15, 0.2) is 23.0 Å². The zero-order valence-corrected chi connectivity index (χ0v) is 7.70. The molecule has 0 N–H and O–H groups in total. The summed E-state index contributed by atoms with van der Waals surface area (Å²) >= 11 is 0. The molecule has 15 heavy (non-hydrogen) atoms. The molecule has 78 valence electrons. The van der Waals surface area contributed by atoms with Gasteiger partial charge in [0, 0.05) is 12.1 Å². The van der Waals surface area contributed by atoms with Gasteiger partial charge >= 0.3 is 0 Å². The predicted octanol–water partition coefficient (Wildman–Crippen LogP) is 2.02. The van der Waals surface area contributed by atoms with Gasteiger partial charge in [-0.2, -0.15) is 4.98 Å². The summed E-state index contributed by atoms with van der Waals surface area (Å²) in [5.41, 5.74) is -0.329. The molecule has 0 bridgehead atoms. The number of hydrogen-bond donors (Lipinski definition) is 0. The molecule has 0 amide bonds. The van der Waals surface area contributed by atoms with Crippen molar-refractivity contribution < 1.29 is 18.0 Å². The van der Waals surface area contributed by atoms with E-state index in [0.717, 1.165) is 18.5 Å². The van der Waals surface area contributed by atoms with Crippen molar-refractivity contribution in [1.29, 1.82) is 0 Å². The molecule has 2 rings (SSSR count). The molecule has 0 aliphatic heterocycles. The fraction of sp³-hybridized carbons (Fsp3) is 0.111. The smallest absolute Gasteiger partial charge is 0.214 e. The number of hydrogen-bond acceptors (Lipinski definition) is 4. The number of methoxy groups -OCH3 is 1. The van der Waals surface area contributed by atoms with E-state index in [0.29, 0.717) is 0 Å². The van der Waals surface area contributed by atoms with Crippen LogP contribution in [0.3, 0.4) is 0 Å². The molecule has 0 atom stereocenters. The number of ether oxygens (including phenoxy) is 1. The lowest BCUT2D eigenvalue weighted by Gasteiger charge is -2.03. The quantitative estimate of drug-likeness (QED) is 0.764. The first kappa shape index (κ1) is 9.57. The average molecular weight is 212 g/mol. The SMILES string of the molecule is COc1cc(F)c(-c2ncon2)c(F)c1. The lowest BCUT2D eigenvalue weighted by molar-refractivity contribution is 0.406. The Bertz CT molecular complexity index is 448. The van der Waals surface area contributed by atoms with Gasteiger partial charge < -0.3 is 9.26 Å². The van der Waals surface area contributed by atoms with Crippen molar-refractivity contribution in [2.45, 2.75) is 0 Å². The summed E-state index contributed by atoms with van der Waals surface area (Å²) < 4.78 is 36.0. The van der Waals surface area contributed by atoms with Crippen LogP contribution in [0, 0.1) is 11.6 Å². The summed E-state index contributed by atoms with van der Waals surface area (Å²) in [6, 6.07) is 2.10. The van der Waals surface area contributed by atoms with Crippen LogP contribution in [0.5, 0.6) is 5.75 Å². The van der Waals surface area contributed by atoms with Crippen molar-refractivity contribution in [1.82, 2.24) is 10.1 Å². The highest BCUT2D eigenvalue weighted by Gasteiger charge is 2.17. The van der Waals surface area contributed by atoms with Gasteiger partial charge in [0.2, 0.25) is 12.2 Å². The Morgan fingerprint density at radius 1 is 1.27 bits per heavy atom. The fourth-order valence-corrected chi connectivity index (χ4v) is 1.16. The number of rotatable bonds is 2. The second-order valence-electron chi connectivity index (χ2n) is 2.72. The molecular weight excluding hydrogens is 206 g/mol. The second-order valence-corrected chi connectivity index (χ2v) is 2.72. The third-order valence-electron chi connectivity index (χ3n) is 1.84. The van der Waals surface area contributed by atoms with Gasteiger partial charge in [0.15, 0.2) is 0 Å². The molecule has 1 aromatic heterocycles. The van der Waals surface area contributed by atoms with Crippen LogP contribution >= 0.6 is 0 Å². The largest absolute Gasteiger partial charge is 0.497 e. The van der Waals surface area contributed by atoms with Crippen LogP contribution in [0.4, 0.5) is 8.78 Å². The highest BCUT2D eigenvalue weighted by Crippen LogP contribution is 2.26. The lowest BCUT2D eigenvalue weighted by Crippen LogP contribution is -1.94. The molecule has 1 heterocycles. The standard InChI is InChI=1S/C9H6F2N2O2/c1-14-5-2-6(10)8(7(11)3-5)9-12-4-15-13-9/h2-4H,1H3. The fourth-order valence-electron chi connectivity index (χ4n) is 1.16. The third kappa shape index (κ3) is 1.65. The molecule has 2 aromatic rings. The molecule has 1 aromatic carbocycles. The number of halogens is 2. The minimum Gasteiger partial charge on any atom is -0.497 e. The summed E-state index contributed by atoms with van der Waals surface area (Å²) in [5.74, 6) is -1.63. The molecule has 0 spiro atoms. The maximum absolute atomic E-state index is 13.4. The molecule has 0 saturated carbocycles. The third-order valence-corrected chi connectivity index (χ3v) is 1.84. The highest BCUT2D eigenvalue weighted by atomic mass is 19.1. The Hall–Kier alpha value is -1.98. The van der Waals surface area contributed by atoms with Crippen molar-refractivity contribution in [3.63, 3.8) is 0 Å². The molecule has 0 saturated heterocycles. The first-order valence-electron chi connectivity index (χ1n) is 4.02. The molecular formula is C9H6F2N2O2. The van der Waals surface area contributed by atoms with E-state index < -0.39 is 11.6 Å². The minimum atomic E-state index is -0.798. The average Bonchev–Trinajstić information content (AvgIpc) is 2.69. The summed E-state index contributed by atoms with van der Waals surface area (Å²) in [6.07, 6.45) is 0.998. The summed E-state index contributed by atoms with van der Waals surface area (Å²) in [6.45, 7) is 0. The Kier molecular flexibility index (Phi) is 2.32. The number of nitrogens with zero attached hydrogens (tertiary/aromatic N) is 2. The Morgan fingerprint density at radius 2 is 1.93 bits per heavy atom. The number of benzene rings is 1. The second kappa shape index (κ2) is 3.64. The van der Waals surface area contributed by atoms with Crippen LogP contribution in [0.25, 0.3) is 11.4 Å². The predicted molar refractivity (Wildman–Crippen MR) is 46.2 cm³/mol. The molecule has 0 radical (unpaired) electrons. The van der Waals surface area contributed by atoms with E-state index in [2.05, 4.69) is 14.7 Å². The van der Waals surface area contributed by atoms with Crippen LogP contribution < -0.4 is 4.74 Å². The maximum atomic E-state index is 13.4. The topological polar surface area (TPSA) is 48.2 Å². The van der Waals surface area contributed by atoms with E-state index in [1.165, 1.54) is 7.11 Å². The van der Waals surface area contributed by atoms with Crippen LogP contribution in [-0.4, -0.2) is 17.3 Å². The zero-order valence-electron chi connectivity index (χ0n) is 7.70. The van der Waals surface area contributed by atoms with Crippen LogP contribution in [0.1, 0.15) is 0 Å². The van der Waals surface area contributed by atoms with Gasteiger partial charge in [-0.25, -0.2) is 8.78 Å². The first-order chi connectivity index (χ1) is 7.22. The van der Waals surface area contributed by atoms with Crippen molar-refractivity contribution in [2.75, 3.05) is 7.11 Å². The highest BCUT2D eigenvalue weighted by molar-refractivity contribution is 5.57. The van der Waals surface area contributed by atoms with Crippen molar-refractivity contribution >= 4 is 0 Å². The summed E-state index contributed by atoms with van der Waals surface area (Å²) in [7, 11) is 1.32. The van der Waals surface area contributed by atoms with Gasteiger partial charge in [0.1, 0.15) is 17.4 Å². The lowest BCUT2D eigenvalue weighted by atomic mass is 10.2. The van der Waals surface area contributed by atoms with E-state index in [1.54, 1.807) is 0 Å². The van der Waals surface area contributed by atoms with Crippen molar-refractivity contribution in [2.24, 2.45) is 0 Å². The molecule has 0 aliphatic rings. The molecule has 6 heteroatoms. The maximum Gasteiger partial charge on any atom is 0.214 e. The van der Waals surface area contributed by atoms with Gasteiger partial charge in [0.25, 0.3) is 0 Å². The van der Waals surface area contributed by atoms with Crippen molar-refractivity contribution in [3.05, 3.63) is 30.2 Å². The van der Waals surface area contributed by atoms with E-state index >= 15 is 0 Å². The molecule has 0 unspecified atom stereocenters. The Balaban J connectivity index is 2.58. The van der Waals surface area contributed by atoms with E-state index in [-0.39, 0.29) is 17.1 Å².